The van der Waals surface area contributed by atoms with Gasteiger partial charge in [0.25, 0.3) is 0 Å². The van der Waals surface area contributed by atoms with Gasteiger partial charge in [-0.05, 0) is 27.2 Å². The van der Waals surface area contributed by atoms with Crippen LogP contribution in [0.1, 0.15) is 34.1 Å². The fraction of sp³-hybridized carbons (Fsp3) is 0.900. The van der Waals surface area contributed by atoms with Crippen molar-refractivity contribution in [2.45, 2.75) is 45.7 Å². The second-order valence-electron chi connectivity index (χ2n) is 4.59. The molecule has 1 N–H and O–H groups in total. The van der Waals surface area contributed by atoms with E-state index >= 15 is 0 Å². The van der Waals surface area contributed by atoms with Crippen molar-refractivity contribution in [3.05, 3.63) is 0 Å². The van der Waals surface area contributed by atoms with Gasteiger partial charge in [-0.3, -0.25) is 4.79 Å². The quantitative estimate of drug-likeness (QED) is 0.719. The van der Waals surface area contributed by atoms with E-state index in [2.05, 4.69) is 26.1 Å². The largest absolute Gasteiger partial charge is 0.347 e. The topological polar surface area (TPSA) is 32.3 Å². The van der Waals surface area contributed by atoms with Gasteiger partial charge in [0.15, 0.2) is 0 Å². The zero-order valence-electron chi connectivity index (χ0n) is 9.64. The number of hydrogen-bond acceptors (Lipinski definition) is 2. The lowest BCUT2D eigenvalue weighted by Crippen LogP contribution is -2.50. The van der Waals surface area contributed by atoms with Gasteiger partial charge in [0.2, 0.25) is 5.91 Å². The summed E-state index contributed by atoms with van der Waals surface area (Å²) in [6, 6.07) is -0.0602. The highest BCUT2D eigenvalue weighted by Gasteiger charge is 2.22. The molecule has 0 aromatic carbocycles. The van der Waals surface area contributed by atoms with Crippen molar-refractivity contribution in [3.63, 3.8) is 0 Å². The third kappa shape index (κ3) is 4.88. The average Bonchev–Trinajstić information content (AvgIpc) is 1.97. The van der Waals surface area contributed by atoms with Crippen LogP contribution in [0, 0.1) is 0 Å². The Hall–Kier alpha value is -0.570. The molecule has 0 aliphatic carbocycles. The molecule has 0 heterocycles. The average molecular weight is 186 g/mol. The lowest BCUT2D eigenvalue weighted by Gasteiger charge is -2.28. The standard InChI is InChI=1S/C10H22N2O/c1-7-8(9(13)12(5)6)11-10(2,3)4/h8,11H,7H2,1-6H3. The molecule has 0 saturated heterocycles. The third-order valence-corrected chi connectivity index (χ3v) is 1.75. The van der Waals surface area contributed by atoms with Crippen molar-refractivity contribution in [3.8, 4) is 0 Å². The monoisotopic (exact) mass is 186 g/mol. The van der Waals surface area contributed by atoms with Crippen LogP contribution in [-0.4, -0.2) is 36.5 Å². The minimum atomic E-state index is -0.0602. The molecule has 1 amide bonds. The van der Waals surface area contributed by atoms with E-state index in [1.165, 1.54) is 0 Å². The van der Waals surface area contributed by atoms with Crippen LogP contribution in [-0.2, 0) is 4.79 Å². The van der Waals surface area contributed by atoms with Crippen LogP contribution < -0.4 is 5.32 Å². The number of likely N-dealkylation sites (N-methyl/N-ethyl adjacent to an activating group) is 1. The Bertz CT molecular complexity index is 170. The summed E-state index contributed by atoms with van der Waals surface area (Å²) in [5, 5.41) is 3.30. The zero-order chi connectivity index (χ0) is 10.6. The number of amides is 1. The maximum atomic E-state index is 11.6. The number of carbonyl (C=O) groups excluding carboxylic acids is 1. The highest BCUT2D eigenvalue weighted by atomic mass is 16.2. The summed E-state index contributed by atoms with van der Waals surface area (Å²) in [6.07, 6.45) is 0.828. The molecule has 0 aromatic rings. The van der Waals surface area contributed by atoms with Crippen molar-refractivity contribution < 1.29 is 4.79 Å². The van der Waals surface area contributed by atoms with E-state index < -0.39 is 0 Å². The van der Waals surface area contributed by atoms with Crippen LogP contribution in [0.25, 0.3) is 0 Å². The maximum absolute atomic E-state index is 11.6. The minimum Gasteiger partial charge on any atom is -0.347 e. The molecule has 0 aliphatic heterocycles. The summed E-state index contributed by atoms with van der Waals surface area (Å²) in [4.78, 5) is 13.2. The first kappa shape index (κ1) is 12.4. The molecular formula is C10H22N2O. The van der Waals surface area contributed by atoms with Gasteiger partial charge < -0.3 is 10.2 Å². The molecule has 0 spiro atoms. The van der Waals surface area contributed by atoms with Crippen molar-refractivity contribution >= 4 is 5.91 Å². The highest BCUT2D eigenvalue weighted by molar-refractivity contribution is 5.81. The first-order chi connectivity index (χ1) is 5.78. The molecule has 78 valence electrons. The zero-order valence-corrected chi connectivity index (χ0v) is 9.64. The Kier molecular flexibility index (Phi) is 4.40. The van der Waals surface area contributed by atoms with Gasteiger partial charge in [-0.15, -0.1) is 0 Å². The van der Waals surface area contributed by atoms with E-state index in [0.717, 1.165) is 6.42 Å². The van der Waals surface area contributed by atoms with Crippen LogP contribution >= 0.6 is 0 Å². The molecule has 13 heavy (non-hydrogen) atoms. The number of rotatable bonds is 3. The van der Waals surface area contributed by atoms with Gasteiger partial charge in [0.1, 0.15) is 0 Å². The SMILES string of the molecule is CCC(NC(C)(C)C)C(=O)N(C)C. The van der Waals surface area contributed by atoms with Gasteiger partial charge >= 0.3 is 0 Å². The van der Waals surface area contributed by atoms with Crippen LogP contribution in [0.2, 0.25) is 0 Å². The normalized spacial score (nSPS) is 14.0. The van der Waals surface area contributed by atoms with Gasteiger partial charge in [-0.1, -0.05) is 6.92 Å². The van der Waals surface area contributed by atoms with E-state index in [9.17, 15) is 4.79 Å². The predicted molar refractivity (Wildman–Crippen MR) is 55.7 cm³/mol. The van der Waals surface area contributed by atoms with Crippen molar-refractivity contribution in [2.24, 2.45) is 0 Å². The molecule has 0 radical (unpaired) electrons. The first-order valence-corrected chi connectivity index (χ1v) is 4.76. The van der Waals surface area contributed by atoms with Gasteiger partial charge in [0.05, 0.1) is 6.04 Å². The summed E-state index contributed by atoms with van der Waals surface area (Å²) < 4.78 is 0. The molecule has 1 unspecified atom stereocenters. The Morgan fingerprint density at radius 1 is 1.38 bits per heavy atom. The van der Waals surface area contributed by atoms with E-state index in [1.807, 2.05) is 6.92 Å². The van der Waals surface area contributed by atoms with Crippen LogP contribution in [0.3, 0.4) is 0 Å². The Balaban J connectivity index is 4.27. The summed E-state index contributed by atoms with van der Waals surface area (Å²) >= 11 is 0. The smallest absolute Gasteiger partial charge is 0.239 e. The van der Waals surface area contributed by atoms with Gasteiger partial charge in [-0.25, -0.2) is 0 Å². The summed E-state index contributed by atoms with van der Waals surface area (Å²) in [6.45, 7) is 8.22. The van der Waals surface area contributed by atoms with E-state index in [0.29, 0.717) is 0 Å². The molecule has 0 rings (SSSR count). The second kappa shape index (κ2) is 4.61. The Morgan fingerprint density at radius 3 is 2.08 bits per heavy atom. The molecule has 0 aromatic heterocycles. The lowest BCUT2D eigenvalue weighted by atomic mass is 10.1. The van der Waals surface area contributed by atoms with Gasteiger partial charge in [0, 0.05) is 19.6 Å². The Labute approximate surface area is 81.5 Å². The molecule has 0 fully saturated rings. The first-order valence-electron chi connectivity index (χ1n) is 4.76. The molecular weight excluding hydrogens is 164 g/mol. The van der Waals surface area contributed by atoms with E-state index in [1.54, 1.807) is 19.0 Å². The van der Waals surface area contributed by atoms with Crippen molar-refractivity contribution in [2.75, 3.05) is 14.1 Å². The molecule has 1 atom stereocenters. The second-order valence-corrected chi connectivity index (χ2v) is 4.59. The number of carbonyl (C=O) groups is 1. The maximum Gasteiger partial charge on any atom is 0.239 e. The van der Waals surface area contributed by atoms with Crippen LogP contribution in [0.5, 0.6) is 0 Å². The number of nitrogens with one attached hydrogen (secondary N) is 1. The van der Waals surface area contributed by atoms with Crippen molar-refractivity contribution in [1.29, 1.82) is 0 Å². The lowest BCUT2D eigenvalue weighted by molar-refractivity contribution is -0.131. The fourth-order valence-corrected chi connectivity index (χ4v) is 1.17. The number of hydrogen-bond donors (Lipinski definition) is 1. The third-order valence-electron chi connectivity index (χ3n) is 1.75. The van der Waals surface area contributed by atoms with Gasteiger partial charge in [-0.2, -0.15) is 0 Å². The summed E-state index contributed by atoms with van der Waals surface area (Å²) in [5.74, 6) is 0.150. The molecule has 0 saturated carbocycles. The van der Waals surface area contributed by atoms with E-state index in [4.69, 9.17) is 0 Å². The molecule has 0 bridgehead atoms. The van der Waals surface area contributed by atoms with Crippen LogP contribution in [0.4, 0.5) is 0 Å². The van der Waals surface area contributed by atoms with E-state index in [-0.39, 0.29) is 17.5 Å². The molecule has 0 aliphatic rings. The molecule has 3 nitrogen and oxygen atoms in total. The Morgan fingerprint density at radius 2 is 1.85 bits per heavy atom. The fourth-order valence-electron chi connectivity index (χ4n) is 1.17. The summed E-state index contributed by atoms with van der Waals surface area (Å²) in [5.41, 5.74) is -0.00759. The van der Waals surface area contributed by atoms with Crippen LogP contribution in [0.15, 0.2) is 0 Å². The predicted octanol–water partition coefficient (Wildman–Crippen LogP) is 1.24. The minimum absolute atomic E-state index is 0.00759. The highest BCUT2D eigenvalue weighted by Crippen LogP contribution is 2.05. The number of nitrogens with zero attached hydrogens (tertiary/aromatic N) is 1. The summed E-state index contributed by atoms with van der Waals surface area (Å²) in [7, 11) is 3.57. The van der Waals surface area contributed by atoms with Crippen molar-refractivity contribution in [1.82, 2.24) is 10.2 Å². The molecule has 3 heteroatoms.